The minimum Gasteiger partial charge on any atom is -0.294 e. The highest BCUT2D eigenvalue weighted by Gasteiger charge is 2.47. The first-order valence-electron chi connectivity index (χ1n) is 6.01. The molecule has 1 aliphatic rings. The Hall–Kier alpha value is -1.39. The number of hydrogen-bond donors (Lipinski definition) is 0. The molecule has 0 saturated heterocycles. The molecule has 0 spiro atoms. The normalized spacial score (nSPS) is 24.8. The molecule has 2 rings (SSSR count). The van der Waals surface area contributed by atoms with Crippen LogP contribution < -0.4 is 0 Å². The summed E-state index contributed by atoms with van der Waals surface area (Å²) in [5.41, 5.74) is 0.277. The monoisotopic (exact) mass is 257 g/mol. The Morgan fingerprint density at radius 2 is 2.00 bits per heavy atom. The molecule has 0 bridgehead atoms. The summed E-state index contributed by atoms with van der Waals surface area (Å²) in [6.07, 6.45) is 0.147. The van der Waals surface area contributed by atoms with E-state index in [-0.39, 0.29) is 12.0 Å². The van der Waals surface area contributed by atoms with E-state index in [1.54, 1.807) is 6.07 Å². The molecule has 1 heterocycles. The molecule has 1 aromatic rings. The van der Waals surface area contributed by atoms with Crippen LogP contribution in [0.2, 0.25) is 0 Å². The molecule has 2 atom stereocenters. The summed E-state index contributed by atoms with van der Waals surface area (Å²) in [5, 5.41) is 0. The number of hydrogen-bond acceptors (Lipinski definition) is 2. The van der Waals surface area contributed by atoms with Gasteiger partial charge in [-0.2, -0.15) is 13.2 Å². The molecule has 1 aromatic heterocycles. The van der Waals surface area contributed by atoms with Gasteiger partial charge in [0, 0.05) is 23.9 Å². The first-order chi connectivity index (χ1) is 8.50. The molecule has 0 radical (unpaired) electrons. The van der Waals surface area contributed by atoms with Gasteiger partial charge >= 0.3 is 6.18 Å². The third-order valence-electron chi connectivity index (χ3n) is 3.47. The van der Waals surface area contributed by atoms with Gasteiger partial charge in [0.05, 0.1) is 5.92 Å². The number of ketones is 1. The lowest BCUT2D eigenvalue weighted by molar-refractivity contribution is -0.190. The predicted octanol–water partition coefficient (Wildman–Crippen LogP) is 3.63. The fourth-order valence-corrected chi connectivity index (χ4v) is 2.56. The van der Waals surface area contributed by atoms with Gasteiger partial charge in [0.15, 0.2) is 5.78 Å². The van der Waals surface area contributed by atoms with Crippen LogP contribution >= 0.6 is 0 Å². The molecule has 1 saturated carbocycles. The Balaban J connectivity index is 2.22. The molecule has 2 unspecified atom stereocenters. The molecule has 0 amide bonds. The topological polar surface area (TPSA) is 30.0 Å². The number of nitrogens with zero attached hydrogens (tertiary/aromatic N) is 1. The average molecular weight is 257 g/mol. The van der Waals surface area contributed by atoms with Crippen LogP contribution in [0.3, 0.4) is 0 Å². The van der Waals surface area contributed by atoms with Crippen molar-refractivity contribution >= 4 is 5.78 Å². The third kappa shape index (κ3) is 2.71. The fourth-order valence-electron chi connectivity index (χ4n) is 2.56. The van der Waals surface area contributed by atoms with E-state index in [0.29, 0.717) is 19.3 Å². The van der Waals surface area contributed by atoms with Crippen molar-refractivity contribution in [3.05, 3.63) is 30.1 Å². The van der Waals surface area contributed by atoms with Crippen LogP contribution in [0.25, 0.3) is 0 Å². The number of Topliss-reactive ketones (excluding diaryl/α,β-unsaturated/α-hetero) is 1. The van der Waals surface area contributed by atoms with Gasteiger partial charge in [0.1, 0.15) is 0 Å². The highest BCUT2D eigenvalue weighted by molar-refractivity contribution is 5.97. The molecule has 1 aliphatic carbocycles. The number of alkyl halides is 3. The zero-order valence-corrected chi connectivity index (χ0v) is 9.78. The Labute approximate surface area is 103 Å². The van der Waals surface area contributed by atoms with E-state index in [1.165, 1.54) is 18.5 Å². The van der Waals surface area contributed by atoms with Crippen molar-refractivity contribution in [3.8, 4) is 0 Å². The third-order valence-corrected chi connectivity index (χ3v) is 3.47. The minimum absolute atomic E-state index is 0.0557. The Morgan fingerprint density at radius 1 is 1.28 bits per heavy atom. The van der Waals surface area contributed by atoms with Gasteiger partial charge in [-0.05, 0) is 25.0 Å². The molecule has 0 aromatic carbocycles. The Kier molecular flexibility index (Phi) is 3.68. The summed E-state index contributed by atoms with van der Waals surface area (Å²) in [6, 6.07) is 3.09. The SMILES string of the molecule is O=C(c1cccnc1)C1CCCCC1C(F)(F)F. The molecular formula is C13H14F3NO. The maximum absolute atomic E-state index is 12.9. The van der Waals surface area contributed by atoms with Crippen LogP contribution in [-0.4, -0.2) is 16.9 Å². The van der Waals surface area contributed by atoms with E-state index < -0.39 is 23.8 Å². The number of aromatic nitrogens is 1. The maximum atomic E-state index is 12.9. The highest BCUT2D eigenvalue weighted by atomic mass is 19.4. The first-order valence-corrected chi connectivity index (χ1v) is 6.01. The molecule has 18 heavy (non-hydrogen) atoms. The second kappa shape index (κ2) is 5.08. The predicted molar refractivity (Wildman–Crippen MR) is 60.1 cm³/mol. The van der Waals surface area contributed by atoms with Gasteiger partial charge in [-0.1, -0.05) is 12.8 Å². The number of carbonyl (C=O) groups excluding carboxylic acids is 1. The van der Waals surface area contributed by atoms with Crippen molar-refractivity contribution < 1.29 is 18.0 Å². The molecule has 5 heteroatoms. The van der Waals surface area contributed by atoms with Gasteiger partial charge in [0.2, 0.25) is 0 Å². The summed E-state index contributed by atoms with van der Waals surface area (Å²) < 4.78 is 38.7. The van der Waals surface area contributed by atoms with E-state index in [9.17, 15) is 18.0 Å². The first kappa shape index (κ1) is 13.1. The van der Waals surface area contributed by atoms with Crippen molar-refractivity contribution in [1.82, 2.24) is 4.98 Å². The maximum Gasteiger partial charge on any atom is 0.392 e. The standard InChI is InChI=1S/C13H14F3NO/c14-13(15,16)11-6-2-1-5-10(11)12(18)9-4-3-7-17-8-9/h3-4,7-8,10-11H,1-2,5-6H2. The summed E-state index contributed by atoms with van der Waals surface area (Å²) in [6.45, 7) is 0. The lowest BCUT2D eigenvalue weighted by Crippen LogP contribution is -2.37. The molecule has 2 nitrogen and oxygen atoms in total. The lowest BCUT2D eigenvalue weighted by atomic mass is 9.75. The largest absolute Gasteiger partial charge is 0.392 e. The second-order valence-electron chi connectivity index (χ2n) is 4.65. The second-order valence-corrected chi connectivity index (χ2v) is 4.65. The van der Waals surface area contributed by atoms with E-state index in [1.807, 2.05) is 0 Å². The number of rotatable bonds is 2. The van der Waals surface area contributed by atoms with E-state index in [4.69, 9.17) is 0 Å². The van der Waals surface area contributed by atoms with Gasteiger partial charge in [-0.25, -0.2) is 0 Å². The van der Waals surface area contributed by atoms with Gasteiger partial charge in [0.25, 0.3) is 0 Å². The molecule has 0 N–H and O–H groups in total. The van der Waals surface area contributed by atoms with Gasteiger partial charge in [-0.15, -0.1) is 0 Å². The minimum atomic E-state index is -4.29. The summed E-state index contributed by atoms with van der Waals surface area (Å²) >= 11 is 0. The number of pyridine rings is 1. The van der Waals surface area contributed by atoms with Crippen molar-refractivity contribution in [3.63, 3.8) is 0 Å². The lowest BCUT2D eigenvalue weighted by Gasteiger charge is -2.31. The summed E-state index contributed by atoms with van der Waals surface area (Å²) in [7, 11) is 0. The number of halogens is 3. The van der Waals surface area contributed by atoms with Crippen molar-refractivity contribution in [1.29, 1.82) is 0 Å². The van der Waals surface area contributed by atoms with E-state index in [2.05, 4.69) is 4.98 Å². The average Bonchev–Trinajstić information content (AvgIpc) is 2.38. The van der Waals surface area contributed by atoms with Crippen LogP contribution in [0, 0.1) is 11.8 Å². The zero-order chi connectivity index (χ0) is 13.2. The van der Waals surface area contributed by atoms with Crippen LogP contribution in [-0.2, 0) is 0 Å². The molecule has 98 valence electrons. The fraction of sp³-hybridized carbons (Fsp3) is 0.538. The van der Waals surface area contributed by atoms with E-state index in [0.717, 1.165) is 0 Å². The summed E-state index contributed by atoms with van der Waals surface area (Å²) in [5.74, 6) is -2.87. The van der Waals surface area contributed by atoms with Gasteiger partial charge < -0.3 is 0 Å². The smallest absolute Gasteiger partial charge is 0.294 e. The van der Waals surface area contributed by atoms with Crippen molar-refractivity contribution in [2.24, 2.45) is 11.8 Å². The number of carbonyl (C=O) groups is 1. The van der Waals surface area contributed by atoms with Crippen LogP contribution in [0.15, 0.2) is 24.5 Å². The quantitative estimate of drug-likeness (QED) is 0.757. The van der Waals surface area contributed by atoms with Crippen molar-refractivity contribution in [2.45, 2.75) is 31.9 Å². The van der Waals surface area contributed by atoms with Crippen LogP contribution in [0.1, 0.15) is 36.0 Å². The van der Waals surface area contributed by atoms with Crippen LogP contribution in [0.5, 0.6) is 0 Å². The molecular weight excluding hydrogens is 243 g/mol. The highest BCUT2D eigenvalue weighted by Crippen LogP contribution is 2.42. The summed E-state index contributed by atoms with van der Waals surface area (Å²) in [4.78, 5) is 15.9. The van der Waals surface area contributed by atoms with Crippen LogP contribution in [0.4, 0.5) is 13.2 Å². The molecule has 1 fully saturated rings. The molecule has 0 aliphatic heterocycles. The Bertz CT molecular complexity index is 416. The Morgan fingerprint density at radius 3 is 2.61 bits per heavy atom. The zero-order valence-electron chi connectivity index (χ0n) is 9.78. The van der Waals surface area contributed by atoms with Crippen molar-refractivity contribution in [2.75, 3.05) is 0 Å². The van der Waals surface area contributed by atoms with Gasteiger partial charge in [-0.3, -0.25) is 9.78 Å². The van der Waals surface area contributed by atoms with E-state index >= 15 is 0 Å².